The number of nitrogen functional groups attached to an aromatic ring is 1. The Hall–Kier alpha value is -1.35. The lowest BCUT2D eigenvalue weighted by Gasteiger charge is -2.13. The second kappa shape index (κ2) is 4.39. The minimum absolute atomic E-state index is 0.0515. The monoisotopic (exact) mass is 260 g/mol. The summed E-state index contributed by atoms with van der Waals surface area (Å²) in [6.07, 6.45) is 0. The molecule has 0 aliphatic carbocycles. The number of benzene rings is 1. The minimum atomic E-state index is 0.0515. The Bertz CT molecular complexity index is 556. The molecule has 96 valence electrons. The Morgan fingerprint density at radius 2 is 1.61 bits per heavy atom. The smallest absolute Gasteiger partial charge is 0.114 e. The van der Waals surface area contributed by atoms with Gasteiger partial charge in [-0.1, -0.05) is 38.0 Å². The van der Waals surface area contributed by atoms with E-state index in [4.69, 9.17) is 10.7 Å². The zero-order valence-electron chi connectivity index (χ0n) is 11.7. The van der Waals surface area contributed by atoms with E-state index in [2.05, 4.69) is 52.8 Å². The largest absolute Gasteiger partial charge is 0.389 e. The fourth-order valence-electron chi connectivity index (χ4n) is 1.97. The summed E-state index contributed by atoms with van der Waals surface area (Å²) in [4.78, 5) is 4.73. The van der Waals surface area contributed by atoms with Gasteiger partial charge >= 0.3 is 0 Å². The summed E-state index contributed by atoms with van der Waals surface area (Å²) in [5, 5.41) is 1.90. The van der Waals surface area contributed by atoms with E-state index >= 15 is 0 Å². The number of aromatic nitrogens is 1. The number of anilines is 1. The van der Waals surface area contributed by atoms with Crippen LogP contribution in [0, 0.1) is 13.8 Å². The summed E-state index contributed by atoms with van der Waals surface area (Å²) in [6.45, 7) is 10.7. The highest BCUT2D eigenvalue weighted by molar-refractivity contribution is 7.16. The van der Waals surface area contributed by atoms with Gasteiger partial charge < -0.3 is 5.73 Å². The lowest BCUT2D eigenvalue weighted by atomic mass is 9.98. The molecule has 0 saturated carbocycles. The van der Waals surface area contributed by atoms with Gasteiger partial charge in [0.15, 0.2) is 0 Å². The van der Waals surface area contributed by atoms with Crippen molar-refractivity contribution >= 4 is 16.3 Å². The molecule has 3 heteroatoms. The Kier molecular flexibility index (Phi) is 3.20. The number of rotatable bonds is 1. The van der Waals surface area contributed by atoms with Crippen molar-refractivity contribution in [3.63, 3.8) is 0 Å². The van der Waals surface area contributed by atoms with Crippen molar-refractivity contribution in [2.45, 2.75) is 40.0 Å². The molecule has 0 spiro atoms. The molecule has 0 radical (unpaired) electrons. The molecule has 0 fully saturated rings. The van der Waals surface area contributed by atoms with Gasteiger partial charge in [-0.05, 0) is 26.0 Å². The van der Waals surface area contributed by atoms with Crippen molar-refractivity contribution in [2.75, 3.05) is 5.73 Å². The van der Waals surface area contributed by atoms with Gasteiger partial charge in [0, 0.05) is 11.0 Å². The average molecular weight is 260 g/mol. The predicted octanol–water partition coefficient (Wildman–Crippen LogP) is 4.31. The summed E-state index contributed by atoms with van der Waals surface area (Å²) in [7, 11) is 0. The predicted molar refractivity (Wildman–Crippen MR) is 80.1 cm³/mol. The van der Waals surface area contributed by atoms with Crippen LogP contribution in [0.1, 0.15) is 36.9 Å². The van der Waals surface area contributed by atoms with E-state index < -0.39 is 0 Å². The summed E-state index contributed by atoms with van der Waals surface area (Å²) in [5.74, 6) is 0. The molecule has 0 amide bonds. The maximum Gasteiger partial charge on any atom is 0.114 e. The molecular formula is C15H20N2S. The molecule has 0 aliphatic heterocycles. The van der Waals surface area contributed by atoms with Gasteiger partial charge in [0.1, 0.15) is 15.7 Å². The molecule has 2 N–H and O–H groups in total. The second-order valence-electron chi connectivity index (χ2n) is 5.86. The molecule has 0 atom stereocenters. The van der Waals surface area contributed by atoms with E-state index in [9.17, 15) is 0 Å². The highest BCUT2D eigenvalue weighted by Crippen LogP contribution is 2.36. The van der Waals surface area contributed by atoms with Gasteiger partial charge in [0.25, 0.3) is 0 Å². The fraction of sp³-hybridized carbons (Fsp3) is 0.400. The van der Waals surface area contributed by atoms with E-state index in [1.165, 1.54) is 11.1 Å². The van der Waals surface area contributed by atoms with Crippen molar-refractivity contribution in [3.05, 3.63) is 34.3 Å². The molecule has 1 aromatic carbocycles. The average Bonchev–Trinajstić information content (AvgIpc) is 2.58. The van der Waals surface area contributed by atoms with Crippen LogP contribution in [0.3, 0.4) is 0 Å². The van der Waals surface area contributed by atoms with Crippen LogP contribution in [0.25, 0.3) is 11.3 Å². The molecule has 2 rings (SSSR count). The summed E-state index contributed by atoms with van der Waals surface area (Å²) in [6, 6.07) is 6.45. The lowest BCUT2D eigenvalue weighted by Crippen LogP contribution is -2.10. The fourth-order valence-corrected chi connectivity index (χ4v) is 2.88. The number of nitrogens with two attached hydrogens (primary N) is 1. The normalized spacial score (nSPS) is 11.8. The maximum atomic E-state index is 6.13. The van der Waals surface area contributed by atoms with Crippen LogP contribution in [-0.4, -0.2) is 4.98 Å². The molecule has 0 aliphatic rings. The lowest BCUT2D eigenvalue weighted by molar-refractivity contribution is 0.586. The molecule has 18 heavy (non-hydrogen) atoms. The first-order chi connectivity index (χ1) is 8.27. The number of aryl methyl sites for hydroxylation is 2. The summed E-state index contributed by atoms with van der Waals surface area (Å²) >= 11 is 1.59. The van der Waals surface area contributed by atoms with Gasteiger partial charge in [-0.15, -0.1) is 11.3 Å². The summed E-state index contributed by atoms with van der Waals surface area (Å²) in [5.41, 5.74) is 10.7. The van der Waals surface area contributed by atoms with Crippen LogP contribution < -0.4 is 5.73 Å². The van der Waals surface area contributed by atoms with E-state index in [0.29, 0.717) is 0 Å². The number of thiazole rings is 1. The van der Waals surface area contributed by atoms with Crippen molar-refractivity contribution in [1.29, 1.82) is 0 Å². The van der Waals surface area contributed by atoms with Crippen molar-refractivity contribution in [3.8, 4) is 11.3 Å². The molecular weight excluding hydrogens is 240 g/mol. The van der Waals surface area contributed by atoms with Crippen LogP contribution in [-0.2, 0) is 5.41 Å². The maximum absolute atomic E-state index is 6.13. The topological polar surface area (TPSA) is 38.9 Å². The summed E-state index contributed by atoms with van der Waals surface area (Å²) < 4.78 is 0. The first kappa shape index (κ1) is 13.1. The van der Waals surface area contributed by atoms with Gasteiger partial charge in [-0.3, -0.25) is 0 Å². The quantitative estimate of drug-likeness (QED) is 0.830. The molecule has 0 saturated heterocycles. The molecule has 1 heterocycles. The van der Waals surface area contributed by atoms with Gasteiger partial charge in [-0.25, -0.2) is 4.98 Å². The Morgan fingerprint density at radius 1 is 1.06 bits per heavy atom. The van der Waals surface area contributed by atoms with Gasteiger partial charge in [-0.2, -0.15) is 0 Å². The molecule has 0 bridgehead atoms. The van der Waals surface area contributed by atoms with Crippen molar-refractivity contribution < 1.29 is 0 Å². The molecule has 0 unspecified atom stereocenters. The van der Waals surface area contributed by atoms with E-state index in [-0.39, 0.29) is 5.41 Å². The van der Waals surface area contributed by atoms with E-state index in [1.54, 1.807) is 11.3 Å². The third-order valence-electron chi connectivity index (χ3n) is 2.79. The zero-order chi connectivity index (χ0) is 13.5. The van der Waals surface area contributed by atoms with Crippen molar-refractivity contribution in [2.24, 2.45) is 0 Å². The van der Waals surface area contributed by atoms with E-state index in [1.807, 2.05) is 0 Å². The van der Waals surface area contributed by atoms with Crippen LogP contribution >= 0.6 is 11.3 Å². The minimum Gasteiger partial charge on any atom is -0.389 e. The SMILES string of the molecule is Cc1cc(C)cc(-c2nc(C(C)(C)C)sc2N)c1. The standard InChI is InChI=1S/C15H20N2S/c1-9-6-10(2)8-11(7-9)12-13(16)18-14(17-12)15(3,4)5/h6-8H,16H2,1-5H3. The second-order valence-corrected chi connectivity index (χ2v) is 6.89. The first-order valence-corrected chi connectivity index (χ1v) is 6.94. The molecule has 2 nitrogen and oxygen atoms in total. The third-order valence-corrected chi connectivity index (χ3v) is 4.10. The Balaban J connectivity index is 2.54. The first-order valence-electron chi connectivity index (χ1n) is 6.13. The Labute approximate surface area is 113 Å². The van der Waals surface area contributed by atoms with Crippen molar-refractivity contribution in [1.82, 2.24) is 4.98 Å². The number of nitrogens with zero attached hydrogens (tertiary/aromatic N) is 1. The Morgan fingerprint density at radius 3 is 2.06 bits per heavy atom. The van der Waals surface area contributed by atoms with Gasteiger partial charge in [0.2, 0.25) is 0 Å². The van der Waals surface area contributed by atoms with Crippen LogP contribution in [0.15, 0.2) is 18.2 Å². The van der Waals surface area contributed by atoms with Crippen LogP contribution in [0.5, 0.6) is 0 Å². The highest BCUT2D eigenvalue weighted by atomic mass is 32.1. The van der Waals surface area contributed by atoms with E-state index in [0.717, 1.165) is 21.3 Å². The van der Waals surface area contributed by atoms with Crippen LogP contribution in [0.4, 0.5) is 5.00 Å². The molecule has 1 aromatic heterocycles. The highest BCUT2D eigenvalue weighted by Gasteiger charge is 2.21. The number of hydrogen-bond acceptors (Lipinski definition) is 3. The third kappa shape index (κ3) is 2.56. The van der Waals surface area contributed by atoms with Crippen LogP contribution in [0.2, 0.25) is 0 Å². The zero-order valence-corrected chi connectivity index (χ0v) is 12.5. The van der Waals surface area contributed by atoms with Gasteiger partial charge in [0.05, 0.1) is 0 Å². The molecule has 2 aromatic rings. The number of hydrogen-bond donors (Lipinski definition) is 1.